The number of pyridine rings is 2. The molecule has 5 heterocycles. The quantitative estimate of drug-likeness (QED) is 0.500. The molecule has 1 aliphatic rings. The monoisotopic (exact) mass is 445 g/mol. The van der Waals surface area contributed by atoms with E-state index in [1.54, 1.807) is 10.6 Å². The zero-order valence-corrected chi connectivity index (χ0v) is 18.5. The molecule has 4 aromatic heterocycles. The van der Waals surface area contributed by atoms with Crippen molar-refractivity contribution in [3.05, 3.63) is 65.8 Å². The summed E-state index contributed by atoms with van der Waals surface area (Å²) in [5.41, 5.74) is 4.51. The fraction of sp³-hybridized carbons (Fsp3) is 0.333. The number of hydrogen-bond acceptors (Lipinski definition) is 6. The summed E-state index contributed by atoms with van der Waals surface area (Å²) in [5.74, 6) is 0.102. The Kier molecular flexibility index (Phi) is 5.52. The zero-order chi connectivity index (χ0) is 22.9. The minimum Gasteiger partial charge on any atom is -0.482 e. The molecule has 0 aliphatic carbocycles. The van der Waals surface area contributed by atoms with Crippen molar-refractivity contribution in [1.29, 1.82) is 5.26 Å². The lowest BCUT2D eigenvalue weighted by molar-refractivity contribution is 0.224. The molecule has 1 saturated heterocycles. The van der Waals surface area contributed by atoms with E-state index < -0.39 is 11.9 Å². The standard InChI is InChI=1S/C24H24FN7O/c1-15-21(13-30-32(15)20-4-3-7-27-12-20)17-8-23(24-18(9-26)10-29-31(24)14-17)33-16(2)22-6-5-19(25)11-28-22/h5-6,8,10-11,13-14,16,20,27H,3-4,7,12H2,1-2H3/t16-,20+/m1/s1. The van der Waals surface area contributed by atoms with E-state index in [-0.39, 0.29) is 0 Å². The Morgan fingerprint density at radius 3 is 2.88 bits per heavy atom. The van der Waals surface area contributed by atoms with Crippen LogP contribution in [0.5, 0.6) is 5.75 Å². The molecule has 0 saturated carbocycles. The number of nitrogens with zero attached hydrogens (tertiary/aromatic N) is 6. The number of aromatic nitrogens is 5. The highest BCUT2D eigenvalue weighted by molar-refractivity contribution is 5.76. The third-order valence-corrected chi connectivity index (χ3v) is 6.14. The van der Waals surface area contributed by atoms with E-state index in [0.717, 1.165) is 42.8 Å². The smallest absolute Gasteiger partial charge is 0.148 e. The van der Waals surface area contributed by atoms with E-state index in [2.05, 4.69) is 38.2 Å². The average Bonchev–Trinajstić information content (AvgIpc) is 3.43. The molecule has 1 fully saturated rings. The van der Waals surface area contributed by atoms with Crippen LogP contribution in [-0.2, 0) is 0 Å². The van der Waals surface area contributed by atoms with Crippen molar-refractivity contribution < 1.29 is 9.13 Å². The number of ether oxygens (including phenoxy) is 1. The van der Waals surface area contributed by atoms with Gasteiger partial charge in [-0.3, -0.25) is 9.67 Å². The molecule has 168 valence electrons. The number of fused-ring (bicyclic) bond motifs is 1. The zero-order valence-electron chi connectivity index (χ0n) is 18.5. The number of rotatable bonds is 5. The van der Waals surface area contributed by atoms with Crippen molar-refractivity contribution in [3.8, 4) is 22.9 Å². The fourth-order valence-electron chi connectivity index (χ4n) is 4.40. The number of nitrogens with one attached hydrogen (secondary N) is 1. The minimum absolute atomic E-state index is 0.325. The van der Waals surface area contributed by atoms with Gasteiger partial charge in [0.2, 0.25) is 0 Å². The third-order valence-electron chi connectivity index (χ3n) is 6.14. The summed E-state index contributed by atoms with van der Waals surface area (Å²) in [6, 6.07) is 7.36. The van der Waals surface area contributed by atoms with E-state index >= 15 is 0 Å². The molecule has 0 bridgehead atoms. The second-order valence-corrected chi connectivity index (χ2v) is 8.31. The maximum absolute atomic E-state index is 13.3. The van der Waals surface area contributed by atoms with Crippen LogP contribution in [0.25, 0.3) is 16.6 Å². The Morgan fingerprint density at radius 2 is 2.15 bits per heavy atom. The summed E-state index contributed by atoms with van der Waals surface area (Å²) >= 11 is 0. The second kappa shape index (κ2) is 8.64. The first-order valence-corrected chi connectivity index (χ1v) is 11.0. The van der Waals surface area contributed by atoms with E-state index in [4.69, 9.17) is 4.74 Å². The summed E-state index contributed by atoms with van der Waals surface area (Å²) in [7, 11) is 0. The lowest BCUT2D eigenvalue weighted by Crippen LogP contribution is -2.32. The molecular weight excluding hydrogens is 421 g/mol. The molecule has 0 spiro atoms. The molecule has 5 rings (SSSR count). The molecule has 4 aromatic rings. The summed E-state index contributed by atoms with van der Waals surface area (Å²) < 4.78 is 23.3. The van der Waals surface area contributed by atoms with Crippen LogP contribution < -0.4 is 10.1 Å². The van der Waals surface area contributed by atoms with Gasteiger partial charge in [0.15, 0.2) is 0 Å². The molecule has 0 unspecified atom stereocenters. The van der Waals surface area contributed by atoms with Gasteiger partial charge in [0.05, 0.1) is 30.3 Å². The molecule has 8 nitrogen and oxygen atoms in total. The van der Waals surface area contributed by atoms with Crippen molar-refractivity contribution in [1.82, 2.24) is 29.7 Å². The Morgan fingerprint density at radius 1 is 1.27 bits per heavy atom. The molecule has 2 atom stereocenters. The van der Waals surface area contributed by atoms with Gasteiger partial charge in [-0.15, -0.1) is 0 Å². The van der Waals surface area contributed by atoms with Crippen LogP contribution in [-0.4, -0.2) is 37.5 Å². The van der Waals surface area contributed by atoms with Gasteiger partial charge in [-0.05, 0) is 51.4 Å². The highest BCUT2D eigenvalue weighted by atomic mass is 19.1. The van der Waals surface area contributed by atoms with Gasteiger partial charge < -0.3 is 10.1 Å². The van der Waals surface area contributed by atoms with Crippen molar-refractivity contribution >= 4 is 5.52 Å². The first-order valence-electron chi connectivity index (χ1n) is 11.0. The largest absolute Gasteiger partial charge is 0.482 e. The van der Waals surface area contributed by atoms with E-state index in [1.165, 1.54) is 18.5 Å². The number of hydrogen-bond donors (Lipinski definition) is 1. The number of nitriles is 1. The van der Waals surface area contributed by atoms with Crippen molar-refractivity contribution in [2.75, 3.05) is 13.1 Å². The minimum atomic E-state index is -0.455. The van der Waals surface area contributed by atoms with Crippen LogP contribution in [0.3, 0.4) is 0 Å². The van der Waals surface area contributed by atoms with Gasteiger partial charge in [0.25, 0.3) is 0 Å². The number of piperidine rings is 1. The number of halogens is 1. The maximum atomic E-state index is 13.3. The average molecular weight is 446 g/mol. The van der Waals surface area contributed by atoms with Crippen LogP contribution in [0.15, 0.2) is 43.0 Å². The van der Waals surface area contributed by atoms with E-state index in [9.17, 15) is 9.65 Å². The molecule has 1 aliphatic heterocycles. The van der Waals surface area contributed by atoms with E-state index in [1.807, 2.05) is 25.4 Å². The van der Waals surface area contributed by atoms with Crippen LogP contribution in [0.4, 0.5) is 4.39 Å². The van der Waals surface area contributed by atoms with Crippen LogP contribution in [0, 0.1) is 24.1 Å². The van der Waals surface area contributed by atoms with Gasteiger partial charge in [-0.1, -0.05) is 0 Å². The van der Waals surface area contributed by atoms with Crippen molar-refractivity contribution in [2.45, 2.75) is 38.8 Å². The van der Waals surface area contributed by atoms with Gasteiger partial charge in [-0.2, -0.15) is 15.5 Å². The SMILES string of the molecule is Cc1c(-c2cc(O[C@H](C)c3ccc(F)cn3)c3c(C#N)cnn3c2)cnn1[C@H]1CCCNC1. The first kappa shape index (κ1) is 21.1. The molecule has 1 N–H and O–H groups in total. The van der Waals surface area contributed by atoms with Crippen molar-refractivity contribution in [2.24, 2.45) is 0 Å². The topological polar surface area (TPSA) is 93.1 Å². The van der Waals surface area contributed by atoms with Crippen LogP contribution in [0.2, 0.25) is 0 Å². The Hall–Kier alpha value is -3.77. The summed E-state index contributed by atoms with van der Waals surface area (Å²) in [5, 5.41) is 22.1. The van der Waals surface area contributed by atoms with E-state index in [0.29, 0.717) is 28.6 Å². The molecule has 0 amide bonds. The molecular formula is C24H24FN7O. The summed E-state index contributed by atoms with van der Waals surface area (Å²) in [6.45, 7) is 5.85. The Balaban J connectivity index is 1.55. The molecule has 9 heteroatoms. The van der Waals surface area contributed by atoms with Gasteiger partial charge in [0.1, 0.15) is 34.8 Å². The van der Waals surface area contributed by atoms with Gasteiger partial charge in [0, 0.05) is 29.6 Å². The third kappa shape index (κ3) is 3.94. The lowest BCUT2D eigenvalue weighted by Gasteiger charge is -2.24. The van der Waals surface area contributed by atoms with Gasteiger partial charge in [-0.25, -0.2) is 8.91 Å². The highest BCUT2D eigenvalue weighted by Crippen LogP contribution is 2.34. The summed E-state index contributed by atoms with van der Waals surface area (Å²) in [4.78, 5) is 4.13. The Bertz CT molecular complexity index is 1330. The van der Waals surface area contributed by atoms with Crippen LogP contribution in [0.1, 0.15) is 48.9 Å². The lowest BCUT2D eigenvalue weighted by atomic mass is 10.1. The molecule has 0 radical (unpaired) electrons. The predicted molar refractivity (Wildman–Crippen MR) is 120 cm³/mol. The fourth-order valence-corrected chi connectivity index (χ4v) is 4.40. The van der Waals surface area contributed by atoms with Crippen LogP contribution >= 0.6 is 0 Å². The second-order valence-electron chi connectivity index (χ2n) is 8.31. The first-order chi connectivity index (χ1) is 16.0. The van der Waals surface area contributed by atoms with Gasteiger partial charge >= 0.3 is 0 Å². The predicted octanol–water partition coefficient (Wildman–Crippen LogP) is 3.98. The molecule has 33 heavy (non-hydrogen) atoms. The normalized spacial score (nSPS) is 17.1. The molecule has 0 aromatic carbocycles. The van der Waals surface area contributed by atoms with Crippen molar-refractivity contribution in [3.63, 3.8) is 0 Å². The Labute approximate surface area is 190 Å². The summed E-state index contributed by atoms with van der Waals surface area (Å²) in [6.07, 6.45) is 8.21. The highest BCUT2D eigenvalue weighted by Gasteiger charge is 2.22. The maximum Gasteiger partial charge on any atom is 0.148 e.